The molecule has 0 heterocycles. The zero-order chi connectivity index (χ0) is 12.1. The molecule has 0 spiro atoms. The topological polar surface area (TPSA) is 47.5 Å². The first kappa shape index (κ1) is 12.7. The number of hydrogen-bond donors (Lipinski definition) is 2. The summed E-state index contributed by atoms with van der Waals surface area (Å²) in [6.07, 6.45) is 0. The van der Waals surface area contributed by atoms with Gasteiger partial charge in [-0.1, -0.05) is 38.1 Å². The van der Waals surface area contributed by atoms with Gasteiger partial charge in [0, 0.05) is 5.56 Å². The number of carbonyl (C=O) groups excluding carboxylic acids is 1. The monoisotopic (exact) mass is 221 g/mol. The number of carbonyl (C=O) groups is 1. The summed E-state index contributed by atoms with van der Waals surface area (Å²) in [5.41, 5.74) is 7.73. The Morgan fingerprint density at radius 1 is 1.31 bits per heavy atom. The van der Waals surface area contributed by atoms with Crippen molar-refractivity contribution in [2.45, 2.75) is 26.3 Å². The van der Waals surface area contributed by atoms with Crippen LogP contribution >= 0.6 is 0 Å². The van der Waals surface area contributed by atoms with Gasteiger partial charge in [-0.25, -0.2) is 0 Å². The number of primary amides is 1. The Morgan fingerprint density at radius 3 is 2.31 bits per heavy atom. The molecular formula is C13H21N2O+. The second kappa shape index (κ2) is 5.66. The van der Waals surface area contributed by atoms with Gasteiger partial charge >= 0.3 is 0 Å². The summed E-state index contributed by atoms with van der Waals surface area (Å²) >= 11 is 0. The van der Waals surface area contributed by atoms with E-state index in [1.165, 1.54) is 11.1 Å². The number of nitrogens with one attached hydrogen (secondary N) is 1. The highest BCUT2D eigenvalue weighted by atomic mass is 16.1. The molecule has 0 saturated carbocycles. The van der Waals surface area contributed by atoms with Crippen molar-refractivity contribution >= 4 is 5.91 Å². The molecule has 3 heteroatoms. The molecule has 0 fully saturated rings. The Bertz CT molecular complexity index is 343. The van der Waals surface area contributed by atoms with Crippen LogP contribution in [0.15, 0.2) is 24.3 Å². The van der Waals surface area contributed by atoms with Crippen molar-refractivity contribution < 1.29 is 9.69 Å². The third-order valence-corrected chi connectivity index (χ3v) is 2.63. The third kappa shape index (κ3) is 4.03. The number of amides is 1. The predicted octanol–water partition coefficient (Wildman–Crippen LogP) is 0.310. The summed E-state index contributed by atoms with van der Waals surface area (Å²) in [5, 5.41) is 0. The van der Waals surface area contributed by atoms with Crippen molar-refractivity contribution in [2.24, 2.45) is 5.73 Å². The molecule has 1 rings (SSSR count). The summed E-state index contributed by atoms with van der Waals surface area (Å²) in [6, 6.07) is 8.55. The van der Waals surface area contributed by atoms with Crippen LogP contribution in [-0.2, 0) is 11.3 Å². The minimum atomic E-state index is -0.253. The van der Waals surface area contributed by atoms with Gasteiger partial charge < -0.3 is 10.6 Å². The Labute approximate surface area is 97.2 Å². The maximum absolute atomic E-state index is 10.7. The van der Waals surface area contributed by atoms with Gasteiger partial charge in [-0.3, -0.25) is 4.79 Å². The maximum Gasteiger partial charge on any atom is 0.272 e. The van der Waals surface area contributed by atoms with Crippen LogP contribution in [0.5, 0.6) is 0 Å². The van der Waals surface area contributed by atoms with Crippen molar-refractivity contribution in [1.29, 1.82) is 0 Å². The highest BCUT2D eigenvalue weighted by molar-refractivity contribution is 5.74. The molecule has 1 aromatic rings. The second-order valence-corrected chi connectivity index (χ2v) is 4.67. The van der Waals surface area contributed by atoms with Crippen molar-refractivity contribution in [2.75, 3.05) is 13.6 Å². The van der Waals surface area contributed by atoms with Gasteiger partial charge in [0.2, 0.25) is 0 Å². The summed E-state index contributed by atoms with van der Waals surface area (Å²) < 4.78 is 0. The van der Waals surface area contributed by atoms with Crippen molar-refractivity contribution in [1.82, 2.24) is 0 Å². The summed E-state index contributed by atoms with van der Waals surface area (Å²) in [4.78, 5) is 11.9. The summed E-state index contributed by atoms with van der Waals surface area (Å²) in [6.45, 7) is 5.58. The Balaban J connectivity index is 2.58. The molecule has 3 nitrogen and oxygen atoms in total. The van der Waals surface area contributed by atoms with Gasteiger partial charge in [-0.05, 0) is 11.5 Å². The molecule has 1 aromatic carbocycles. The molecule has 0 radical (unpaired) electrons. The molecule has 0 aliphatic carbocycles. The summed E-state index contributed by atoms with van der Waals surface area (Å²) in [5.74, 6) is 0.307. The van der Waals surface area contributed by atoms with Crippen LogP contribution in [0, 0.1) is 0 Å². The average Bonchev–Trinajstić information content (AvgIpc) is 2.16. The van der Waals surface area contributed by atoms with Gasteiger partial charge in [0.1, 0.15) is 6.54 Å². The number of nitrogens with two attached hydrogens (primary N) is 1. The molecule has 0 aliphatic heterocycles. The van der Waals surface area contributed by atoms with E-state index >= 15 is 0 Å². The molecule has 1 amide bonds. The van der Waals surface area contributed by atoms with Crippen molar-refractivity contribution in [3.05, 3.63) is 35.4 Å². The number of quaternary nitrogens is 1. The molecule has 1 atom stereocenters. The van der Waals surface area contributed by atoms with E-state index in [1.54, 1.807) is 0 Å². The van der Waals surface area contributed by atoms with Crippen LogP contribution in [0.25, 0.3) is 0 Å². The largest absolute Gasteiger partial charge is 0.365 e. The van der Waals surface area contributed by atoms with E-state index in [0.29, 0.717) is 12.5 Å². The van der Waals surface area contributed by atoms with E-state index < -0.39 is 0 Å². The van der Waals surface area contributed by atoms with Crippen LogP contribution in [0.3, 0.4) is 0 Å². The number of hydrogen-bond acceptors (Lipinski definition) is 1. The van der Waals surface area contributed by atoms with E-state index in [2.05, 4.69) is 38.1 Å². The normalized spacial score (nSPS) is 12.8. The van der Waals surface area contributed by atoms with Crippen LogP contribution in [0.1, 0.15) is 30.9 Å². The van der Waals surface area contributed by atoms with E-state index in [4.69, 9.17) is 5.73 Å². The van der Waals surface area contributed by atoms with E-state index in [-0.39, 0.29) is 5.91 Å². The number of likely N-dealkylation sites (N-methyl/N-ethyl adjacent to an activating group) is 1. The number of rotatable bonds is 5. The van der Waals surface area contributed by atoms with Crippen molar-refractivity contribution in [3.63, 3.8) is 0 Å². The Kier molecular flexibility index (Phi) is 4.50. The predicted molar refractivity (Wildman–Crippen MR) is 65.2 cm³/mol. The first-order valence-electron chi connectivity index (χ1n) is 5.67. The fraction of sp³-hybridized carbons (Fsp3) is 0.462. The minimum Gasteiger partial charge on any atom is -0.365 e. The zero-order valence-electron chi connectivity index (χ0n) is 10.3. The molecule has 16 heavy (non-hydrogen) atoms. The molecule has 0 aliphatic rings. The molecule has 88 valence electrons. The average molecular weight is 221 g/mol. The lowest BCUT2D eigenvalue weighted by Gasteiger charge is -2.12. The van der Waals surface area contributed by atoms with E-state index in [1.807, 2.05) is 7.05 Å². The minimum absolute atomic E-state index is 0.253. The first-order valence-corrected chi connectivity index (χ1v) is 5.67. The van der Waals surface area contributed by atoms with Crippen LogP contribution in [0.2, 0.25) is 0 Å². The third-order valence-electron chi connectivity index (χ3n) is 2.63. The van der Waals surface area contributed by atoms with Crippen LogP contribution in [-0.4, -0.2) is 19.5 Å². The van der Waals surface area contributed by atoms with Crippen LogP contribution < -0.4 is 10.6 Å². The molecular weight excluding hydrogens is 200 g/mol. The van der Waals surface area contributed by atoms with Gasteiger partial charge in [-0.2, -0.15) is 0 Å². The maximum atomic E-state index is 10.7. The quantitative estimate of drug-likeness (QED) is 0.738. The molecule has 3 N–H and O–H groups in total. The lowest BCUT2D eigenvalue weighted by Crippen LogP contribution is -3.08. The highest BCUT2D eigenvalue weighted by Gasteiger charge is 2.07. The fourth-order valence-electron chi connectivity index (χ4n) is 1.73. The molecule has 0 saturated heterocycles. The van der Waals surface area contributed by atoms with Gasteiger partial charge in [0.15, 0.2) is 6.54 Å². The Morgan fingerprint density at radius 2 is 1.88 bits per heavy atom. The molecule has 1 unspecified atom stereocenters. The van der Waals surface area contributed by atoms with Gasteiger partial charge in [0.05, 0.1) is 7.05 Å². The smallest absolute Gasteiger partial charge is 0.272 e. The lowest BCUT2D eigenvalue weighted by atomic mass is 10.0. The van der Waals surface area contributed by atoms with E-state index in [9.17, 15) is 4.79 Å². The number of benzene rings is 1. The van der Waals surface area contributed by atoms with Gasteiger partial charge in [0.25, 0.3) is 5.91 Å². The zero-order valence-corrected chi connectivity index (χ0v) is 10.3. The first-order chi connectivity index (χ1) is 7.49. The highest BCUT2D eigenvalue weighted by Crippen LogP contribution is 2.14. The molecule has 0 aromatic heterocycles. The lowest BCUT2D eigenvalue weighted by molar-refractivity contribution is -0.885. The summed E-state index contributed by atoms with van der Waals surface area (Å²) in [7, 11) is 1.97. The van der Waals surface area contributed by atoms with E-state index in [0.717, 1.165) is 11.4 Å². The van der Waals surface area contributed by atoms with Crippen LogP contribution in [0.4, 0.5) is 0 Å². The molecule has 0 bridgehead atoms. The second-order valence-electron chi connectivity index (χ2n) is 4.67. The van der Waals surface area contributed by atoms with Gasteiger partial charge in [-0.15, -0.1) is 0 Å². The SMILES string of the molecule is CC(C)c1ccc(C[NH+](C)CC(N)=O)cc1. The van der Waals surface area contributed by atoms with Crippen molar-refractivity contribution in [3.8, 4) is 0 Å². The fourth-order valence-corrected chi connectivity index (χ4v) is 1.73. The standard InChI is InChI=1S/C13H20N2O/c1-10(2)12-6-4-11(5-7-12)8-15(3)9-13(14)16/h4-7,10H,8-9H2,1-3H3,(H2,14,16)/p+1. The Hall–Kier alpha value is -1.35.